The molecule has 130 valence electrons. The second kappa shape index (κ2) is 8.89. The molecule has 1 aromatic carbocycles. The number of methoxy groups -OCH3 is 1. The number of rotatable bonds is 7. The molecule has 0 saturated carbocycles. The lowest BCUT2D eigenvalue weighted by atomic mass is 10.2. The first kappa shape index (κ1) is 18.5. The zero-order valence-electron chi connectivity index (χ0n) is 13.7. The van der Waals surface area contributed by atoms with E-state index in [0.29, 0.717) is 16.1 Å². The lowest BCUT2D eigenvalue weighted by molar-refractivity contribution is -0.140. The molecule has 0 aliphatic carbocycles. The topological polar surface area (TPSA) is 90.3 Å². The molecular formula is C17H17N3O4S. The fourth-order valence-electron chi connectivity index (χ4n) is 2.09. The van der Waals surface area contributed by atoms with Crippen LogP contribution in [-0.2, 0) is 20.9 Å². The molecule has 1 N–H and O–H groups in total. The average molecular weight is 359 g/mol. The number of carbonyl (C=O) groups excluding carboxylic acids is 2. The number of amides is 1. The predicted octanol–water partition coefficient (Wildman–Crippen LogP) is 0.801. The summed E-state index contributed by atoms with van der Waals surface area (Å²) < 4.78 is 6.00. The molecule has 0 unspecified atom stereocenters. The highest BCUT2D eigenvalue weighted by Gasteiger charge is 2.14. The maximum Gasteiger partial charge on any atom is 0.307 e. The fraction of sp³-hybridized carbons (Fsp3) is 0.294. The smallest absolute Gasteiger partial charge is 0.307 e. The van der Waals surface area contributed by atoms with Crippen molar-refractivity contribution >= 4 is 34.5 Å². The van der Waals surface area contributed by atoms with Gasteiger partial charge in [0.15, 0.2) is 5.16 Å². The Bertz CT molecular complexity index is 886. The van der Waals surface area contributed by atoms with E-state index in [4.69, 9.17) is 6.42 Å². The normalized spacial score (nSPS) is 10.2. The fourth-order valence-corrected chi connectivity index (χ4v) is 2.95. The third-order valence-electron chi connectivity index (χ3n) is 3.31. The number of esters is 1. The maximum atomic E-state index is 12.7. The predicted molar refractivity (Wildman–Crippen MR) is 95.2 cm³/mol. The number of ether oxygens (including phenoxy) is 1. The van der Waals surface area contributed by atoms with Gasteiger partial charge in [0, 0.05) is 6.54 Å². The Kier molecular flexibility index (Phi) is 6.60. The second-order valence-corrected chi connectivity index (χ2v) is 5.91. The molecule has 1 aromatic heterocycles. The number of hydrogen-bond acceptors (Lipinski definition) is 6. The molecule has 8 heteroatoms. The Morgan fingerprint density at radius 1 is 1.40 bits per heavy atom. The summed E-state index contributed by atoms with van der Waals surface area (Å²) in [7, 11) is 1.29. The van der Waals surface area contributed by atoms with E-state index in [-0.39, 0.29) is 36.7 Å². The minimum atomic E-state index is -0.428. The van der Waals surface area contributed by atoms with E-state index in [0.717, 1.165) is 11.8 Å². The number of nitrogens with one attached hydrogen (secondary N) is 1. The van der Waals surface area contributed by atoms with Crippen LogP contribution >= 0.6 is 11.8 Å². The Morgan fingerprint density at radius 2 is 2.16 bits per heavy atom. The van der Waals surface area contributed by atoms with Gasteiger partial charge in [-0.25, -0.2) is 4.98 Å². The molecule has 0 atom stereocenters. The van der Waals surface area contributed by atoms with Crippen LogP contribution in [0.5, 0.6) is 0 Å². The lowest BCUT2D eigenvalue weighted by Crippen LogP contribution is -2.27. The summed E-state index contributed by atoms with van der Waals surface area (Å²) in [5.74, 6) is 1.69. The monoisotopic (exact) mass is 359 g/mol. The number of fused-ring (bicyclic) bond motifs is 1. The van der Waals surface area contributed by atoms with E-state index in [1.54, 1.807) is 24.3 Å². The SMILES string of the molecule is C#CCNC(=O)CSc1nc2ccccc2c(=O)n1CCC(=O)OC. The van der Waals surface area contributed by atoms with Gasteiger partial charge in [-0.3, -0.25) is 19.0 Å². The summed E-state index contributed by atoms with van der Waals surface area (Å²) in [6.07, 6.45) is 5.13. The third-order valence-corrected chi connectivity index (χ3v) is 4.29. The molecule has 0 radical (unpaired) electrons. The standard InChI is InChI=1S/C17H17N3O4S/c1-3-9-18-14(21)11-25-17-19-13-7-5-4-6-12(13)16(23)20(17)10-8-15(22)24-2/h1,4-7H,8-11H2,2H3,(H,18,21). The molecule has 0 spiro atoms. The molecule has 2 rings (SSSR count). The van der Waals surface area contributed by atoms with Gasteiger partial charge in [0.2, 0.25) is 5.91 Å². The molecule has 0 saturated heterocycles. The van der Waals surface area contributed by atoms with E-state index in [2.05, 4.69) is 21.0 Å². The van der Waals surface area contributed by atoms with Crippen molar-refractivity contribution in [2.75, 3.05) is 19.4 Å². The van der Waals surface area contributed by atoms with Crippen molar-refractivity contribution in [2.24, 2.45) is 0 Å². The van der Waals surface area contributed by atoms with E-state index in [1.165, 1.54) is 11.7 Å². The first-order valence-electron chi connectivity index (χ1n) is 7.46. The van der Waals surface area contributed by atoms with Crippen molar-refractivity contribution in [3.8, 4) is 12.3 Å². The van der Waals surface area contributed by atoms with Crippen LogP contribution in [0.3, 0.4) is 0 Å². The van der Waals surface area contributed by atoms with Gasteiger partial charge in [-0.15, -0.1) is 6.42 Å². The molecule has 0 fully saturated rings. The minimum absolute atomic E-state index is 0.0350. The number of benzene rings is 1. The van der Waals surface area contributed by atoms with Crippen molar-refractivity contribution in [3.05, 3.63) is 34.6 Å². The average Bonchev–Trinajstić information content (AvgIpc) is 2.63. The van der Waals surface area contributed by atoms with Crippen molar-refractivity contribution in [1.82, 2.24) is 14.9 Å². The molecule has 7 nitrogen and oxygen atoms in total. The van der Waals surface area contributed by atoms with Crippen LogP contribution in [0.2, 0.25) is 0 Å². The molecule has 1 amide bonds. The second-order valence-electron chi connectivity index (χ2n) is 4.96. The summed E-state index contributed by atoms with van der Waals surface area (Å²) in [5.41, 5.74) is 0.273. The summed E-state index contributed by atoms with van der Waals surface area (Å²) in [4.78, 5) is 40.3. The van der Waals surface area contributed by atoms with Gasteiger partial charge in [-0.2, -0.15) is 0 Å². The number of thioether (sulfide) groups is 1. The third kappa shape index (κ3) is 4.84. The minimum Gasteiger partial charge on any atom is -0.469 e. The Hall–Kier alpha value is -2.79. The van der Waals surface area contributed by atoms with Crippen molar-refractivity contribution in [3.63, 3.8) is 0 Å². The molecule has 2 aromatic rings. The van der Waals surface area contributed by atoms with Gasteiger partial charge in [0.1, 0.15) is 0 Å². The zero-order valence-corrected chi connectivity index (χ0v) is 14.5. The number of terminal acetylenes is 1. The molecule has 0 aliphatic heterocycles. The van der Waals surface area contributed by atoms with Crippen LogP contribution in [0.4, 0.5) is 0 Å². The number of nitrogens with zero attached hydrogens (tertiary/aromatic N) is 2. The lowest BCUT2D eigenvalue weighted by Gasteiger charge is -2.12. The van der Waals surface area contributed by atoms with Crippen LogP contribution in [0, 0.1) is 12.3 Å². The summed E-state index contributed by atoms with van der Waals surface area (Å²) in [6.45, 7) is 0.261. The van der Waals surface area contributed by atoms with Gasteiger partial charge in [-0.1, -0.05) is 29.8 Å². The summed E-state index contributed by atoms with van der Waals surface area (Å²) >= 11 is 1.11. The Morgan fingerprint density at radius 3 is 2.88 bits per heavy atom. The first-order chi connectivity index (χ1) is 12.1. The van der Waals surface area contributed by atoms with E-state index >= 15 is 0 Å². The summed E-state index contributed by atoms with van der Waals surface area (Å²) in [6, 6.07) is 6.93. The van der Waals surface area contributed by atoms with E-state index in [1.807, 2.05) is 0 Å². The van der Waals surface area contributed by atoms with Gasteiger partial charge in [0.05, 0.1) is 36.7 Å². The van der Waals surface area contributed by atoms with Crippen LogP contribution in [0.15, 0.2) is 34.2 Å². The maximum absolute atomic E-state index is 12.7. The van der Waals surface area contributed by atoms with Crippen molar-refractivity contribution in [1.29, 1.82) is 0 Å². The van der Waals surface area contributed by atoms with Crippen LogP contribution in [-0.4, -0.2) is 40.8 Å². The summed E-state index contributed by atoms with van der Waals surface area (Å²) in [5, 5.41) is 3.36. The molecule has 0 aliphatic rings. The molecular weight excluding hydrogens is 342 g/mol. The highest BCUT2D eigenvalue weighted by molar-refractivity contribution is 7.99. The molecule has 25 heavy (non-hydrogen) atoms. The number of hydrogen-bond donors (Lipinski definition) is 1. The van der Waals surface area contributed by atoms with Crippen LogP contribution in [0.25, 0.3) is 10.9 Å². The van der Waals surface area contributed by atoms with Gasteiger partial charge >= 0.3 is 5.97 Å². The largest absolute Gasteiger partial charge is 0.469 e. The van der Waals surface area contributed by atoms with Gasteiger partial charge in [0.25, 0.3) is 5.56 Å². The number of para-hydroxylation sites is 1. The number of carbonyl (C=O) groups is 2. The van der Waals surface area contributed by atoms with E-state index < -0.39 is 5.97 Å². The van der Waals surface area contributed by atoms with Gasteiger partial charge in [-0.05, 0) is 12.1 Å². The number of aromatic nitrogens is 2. The zero-order chi connectivity index (χ0) is 18.2. The van der Waals surface area contributed by atoms with Crippen LogP contribution in [0.1, 0.15) is 6.42 Å². The highest BCUT2D eigenvalue weighted by Crippen LogP contribution is 2.18. The molecule has 0 bridgehead atoms. The van der Waals surface area contributed by atoms with Gasteiger partial charge < -0.3 is 10.1 Å². The first-order valence-corrected chi connectivity index (χ1v) is 8.44. The molecule has 1 heterocycles. The van der Waals surface area contributed by atoms with Crippen LogP contribution < -0.4 is 10.9 Å². The highest BCUT2D eigenvalue weighted by atomic mass is 32.2. The quantitative estimate of drug-likeness (QED) is 0.340. The van der Waals surface area contributed by atoms with Crippen molar-refractivity contribution < 1.29 is 14.3 Å². The van der Waals surface area contributed by atoms with E-state index in [9.17, 15) is 14.4 Å². The van der Waals surface area contributed by atoms with Crippen molar-refractivity contribution in [2.45, 2.75) is 18.1 Å². The Balaban J connectivity index is 2.31. The Labute approximate surface area is 148 Å².